The lowest BCUT2D eigenvalue weighted by molar-refractivity contribution is -0.141. The van der Waals surface area contributed by atoms with Crippen molar-refractivity contribution in [3.05, 3.63) is 105 Å². The fourth-order valence-corrected chi connectivity index (χ4v) is 9.35. The third-order valence-corrected chi connectivity index (χ3v) is 12.2. The van der Waals surface area contributed by atoms with Crippen LogP contribution in [0.15, 0.2) is 65.7 Å². The van der Waals surface area contributed by atoms with Crippen molar-refractivity contribution >= 4 is 26.7 Å². The number of aromatic nitrogens is 5. The minimum Gasteiger partial charge on any atom is -0.481 e. The summed E-state index contributed by atoms with van der Waals surface area (Å²) in [6.07, 6.45) is 5.72. The number of pyridine rings is 1. The van der Waals surface area contributed by atoms with Gasteiger partial charge in [0.05, 0.1) is 29.4 Å². The maximum Gasteiger partial charge on any atom is 0.306 e. The maximum absolute atomic E-state index is 15.8. The number of rotatable bonds is 4. The number of hydrogen-bond donors (Lipinski definition) is 2. The molecule has 6 rings (SSSR count). The van der Waals surface area contributed by atoms with Crippen LogP contribution in [0.25, 0.3) is 22.3 Å². The van der Waals surface area contributed by atoms with Gasteiger partial charge in [0.15, 0.2) is 21.5 Å². The Morgan fingerprint density at radius 1 is 1.10 bits per heavy atom. The molecule has 0 radical (unpaired) electrons. The van der Waals surface area contributed by atoms with Gasteiger partial charge in [0, 0.05) is 47.5 Å². The lowest BCUT2D eigenvalue weighted by atomic mass is 9.75. The van der Waals surface area contributed by atoms with Gasteiger partial charge in [-0.1, -0.05) is 51.5 Å². The number of nitrogens with zero attached hydrogens (tertiary/aromatic N) is 4. The lowest BCUT2D eigenvalue weighted by Gasteiger charge is -2.31. The van der Waals surface area contributed by atoms with E-state index in [9.17, 15) is 23.1 Å². The van der Waals surface area contributed by atoms with E-state index >= 15 is 4.39 Å². The molecule has 0 saturated carbocycles. The second-order valence-electron chi connectivity index (χ2n) is 14.9. The van der Waals surface area contributed by atoms with Gasteiger partial charge in [-0.2, -0.15) is 5.10 Å². The van der Waals surface area contributed by atoms with E-state index < -0.39 is 38.4 Å². The molecule has 5 aromatic rings. The zero-order valence-corrected chi connectivity index (χ0v) is 30.0. The van der Waals surface area contributed by atoms with Gasteiger partial charge in [0.1, 0.15) is 5.82 Å². The summed E-state index contributed by atoms with van der Waals surface area (Å²) in [5.41, 5.74) is 2.24. The quantitative estimate of drug-likeness (QED) is 0.233. The summed E-state index contributed by atoms with van der Waals surface area (Å²) in [4.78, 5) is 32.9. The van der Waals surface area contributed by atoms with Crippen molar-refractivity contribution in [2.75, 3.05) is 11.5 Å². The Morgan fingerprint density at radius 2 is 1.88 bits per heavy atom. The first-order valence-electron chi connectivity index (χ1n) is 17.0. The average molecular weight is 702 g/mol. The fourth-order valence-electron chi connectivity index (χ4n) is 7.35. The van der Waals surface area contributed by atoms with Crippen LogP contribution in [0.3, 0.4) is 0 Å². The molecule has 0 amide bonds. The number of hydrogen-bond acceptors (Lipinski definition) is 6. The van der Waals surface area contributed by atoms with E-state index in [0.29, 0.717) is 54.0 Å². The third-order valence-electron chi connectivity index (χ3n) is 10.2. The number of sulfone groups is 1. The Labute approximate surface area is 291 Å². The zero-order valence-electron chi connectivity index (χ0n) is 29.2. The van der Waals surface area contributed by atoms with Crippen molar-refractivity contribution in [1.29, 1.82) is 0 Å². The molecule has 264 valence electrons. The molecule has 0 fully saturated rings. The van der Waals surface area contributed by atoms with Crippen LogP contribution in [0.1, 0.15) is 75.0 Å². The molecule has 3 aromatic heterocycles. The van der Waals surface area contributed by atoms with E-state index in [2.05, 4.69) is 11.9 Å². The van der Waals surface area contributed by atoms with Gasteiger partial charge in [-0.05, 0) is 72.9 Å². The third kappa shape index (κ3) is 7.17. The molecule has 2 unspecified atom stereocenters. The highest BCUT2D eigenvalue weighted by molar-refractivity contribution is 7.91. The number of aryl methyl sites for hydroxylation is 2. The van der Waals surface area contributed by atoms with Gasteiger partial charge in [-0.3, -0.25) is 9.59 Å². The molecular weight excluding hydrogens is 658 g/mol. The fraction of sp³-hybridized carbons (Fsp3) is 0.421. The summed E-state index contributed by atoms with van der Waals surface area (Å²) in [6.45, 7) is 7.58. The number of fused-ring (bicyclic) bond motifs is 8. The van der Waals surface area contributed by atoms with Gasteiger partial charge in [-0.25, -0.2) is 22.5 Å². The van der Waals surface area contributed by atoms with Crippen LogP contribution in [-0.4, -0.2) is 55.3 Å². The van der Waals surface area contributed by atoms with Gasteiger partial charge >= 0.3 is 5.97 Å². The summed E-state index contributed by atoms with van der Waals surface area (Å²) in [5.74, 6) is -1.05. The van der Waals surface area contributed by atoms with E-state index in [4.69, 9.17) is 10.1 Å². The molecule has 2 atom stereocenters. The highest BCUT2D eigenvalue weighted by Gasteiger charge is 2.36. The summed E-state index contributed by atoms with van der Waals surface area (Å²) in [7, 11) is -1.77. The second-order valence-corrected chi connectivity index (χ2v) is 17.0. The van der Waals surface area contributed by atoms with Gasteiger partial charge in [0.25, 0.3) is 5.56 Å². The molecule has 0 spiro atoms. The Balaban J connectivity index is 1.50. The first-order chi connectivity index (χ1) is 23.5. The smallest absolute Gasteiger partial charge is 0.306 e. The Bertz CT molecular complexity index is 2250. The minimum absolute atomic E-state index is 0.0340. The van der Waals surface area contributed by atoms with Crippen molar-refractivity contribution in [3.63, 3.8) is 0 Å². The highest BCUT2D eigenvalue weighted by Crippen LogP contribution is 2.39. The van der Waals surface area contributed by atoms with Gasteiger partial charge in [0.2, 0.25) is 0 Å². The maximum atomic E-state index is 15.8. The topological polar surface area (TPSA) is 140 Å². The number of benzene rings is 2. The number of aliphatic carboxylic acids is 1. The van der Waals surface area contributed by atoms with Crippen LogP contribution in [0.5, 0.6) is 0 Å². The average Bonchev–Trinajstić information content (AvgIpc) is 3.67. The number of carboxylic acids is 1. The van der Waals surface area contributed by atoms with Crippen LogP contribution in [0.4, 0.5) is 4.39 Å². The molecule has 4 heterocycles. The standard InChI is InChI=1S/C38H44FN5O5S/c1-24(35(46)47)18-25-8-6-9-27(19-25)38(4)15-7-14-37(2,3)23-50(48,49)17-13-28-29-12-16-40-32(29)20-31(39)30(28)22-44-21-26(10-11-33(44)45)34-41-36(38)42-43(34)5/h6,8-12,16,19-21,24,40H,7,13-15,17-18,22-23H2,1-5H3,(H,46,47). The Hall–Kier alpha value is -4.58. The Morgan fingerprint density at radius 3 is 2.64 bits per heavy atom. The normalized spacial score (nSPS) is 20.0. The Kier molecular flexibility index (Phi) is 9.36. The first kappa shape index (κ1) is 35.3. The molecule has 12 heteroatoms. The number of H-pyrrole nitrogens is 1. The predicted molar refractivity (Wildman–Crippen MR) is 191 cm³/mol. The molecule has 0 aliphatic carbocycles. The molecule has 50 heavy (non-hydrogen) atoms. The van der Waals surface area contributed by atoms with Crippen LogP contribution >= 0.6 is 0 Å². The number of aromatic amines is 1. The largest absolute Gasteiger partial charge is 0.481 e. The molecule has 1 aliphatic heterocycles. The van der Waals surface area contributed by atoms with E-state index in [1.807, 2.05) is 44.2 Å². The predicted octanol–water partition coefficient (Wildman–Crippen LogP) is 6.05. The molecule has 2 N–H and O–H groups in total. The first-order valence-corrected chi connectivity index (χ1v) is 18.8. The summed E-state index contributed by atoms with van der Waals surface area (Å²) >= 11 is 0. The van der Waals surface area contributed by atoms with Crippen LogP contribution in [-0.2, 0) is 46.5 Å². The summed E-state index contributed by atoms with van der Waals surface area (Å²) in [6, 6.07) is 14.2. The molecule has 2 aromatic carbocycles. The molecule has 10 nitrogen and oxygen atoms in total. The number of carbonyl (C=O) groups is 1. The van der Waals surface area contributed by atoms with Crippen molar-refractivity contribution in [1.82, 2.24) is 24.3 Å². The van der Waals surface area contributed by atoms with E-state index in [-0.39, 0.29) is 35.6 Å². The summed E-state index contributed by atoms with van der Waals surface area (Å²) in [5, 5.41) is 15.2. The minimum atomic E-state index is -3.56. The van der Waals surface area contributed by atoms with Crippen LogP contribution < -0.4 is 5.56 Å². The number of halogens is 1. The van der Waals surface area contributed by atoms with Gasteiger partial charge in [-0.15, -0.1) is 0 Å². The van der Waals surface area contributed by atoms with Crippen LogP contribution in [0.2, 0.25) is 0 Å². The van der Waals surface area contributed by atoms with Crippen LogP contribution in [0, 0.1) is 17.2 Å². The molecule has 0 saturated heterocycles. The van der Waals surface area contributed by atoms with E-state index in [0.717, 1.165) is 16.5 Å². The van der Waals surface area contributed by atoms with Crippen molar-refractivity contribution in [2.24, 2.45) is 18.4 Å². The number of carboxylic acid groups (broad SMARTS) is 1. The highest BCUT2D eigenvalue weighted by atomic mass is 32.2. The second kappa shape index (κ2) is 13.3. The van der Waals surface area contributed by atoms with Crippen molar-refractivity contribution in [2.45, 2.75) is 71.8 Å². The molecule has 1 aliphatic rings. The molecule has 4 bridgehead atoms. The zero-order chi connectivity index (χ0) is 36.0. The van der Waals surface area contributed by atoms with Crippen molar-refractivity contribution < 1.29 is 22.7 Å². The van der Waals surface area contributed by atoms with E-state index in [1.165, 1.54) is 16.7 Å². The molecular formula is C38H44FN5O5S. The number of nitrogens with one attached hydrogen (secondary N) is 1. The SMILES string of the molecule is CC(Cc1cccc(C2(C)CCCC(C)(C)CS(=O)(=O)CCc3c(c(F)cc4[nH]ccc34)Cn3cc(ccc3=O)-c3nc2nn3C)c1)C(=O)O. The van der Waals surface area contributed by atoms with Gasteiger partial charge < -0.3 is 14.7 Å². The van der Waals surface area contributed by atoms with Crippen molar-refractivity contribution in [3.8, 4) is 11.4 Å². The lowest BCUT2D eigenvalue weighted by Crippen LogP contribution is -2.29. The summed E-state index contributed by atoms with van der Waals surface area (Å²) < 4.78 is 46.2. The van der Waals surface area contributed by atoms with E-state index in [1.54, 1.807) is 37.1 Å². The monoisotopic (exact) mass is 701 g/mol.